The molecule has 6 heteroatoms. The van der Waals surface area contributed by atoms with Gasteiger partial charge in [-0.2, -0.15) is 0 Å². The summed E-state index contributed by atoms with van der Waals surface area (Å²) in [6.07, 6.45) is 3.38. The zero-order chi connectivity index (χ0) is 20.6. The van der Waals surface area contributed by atoms with E-state index in [-0.39, 0.29) is 11.3 Å². The first kappa shape index (κ1) is 20.4. The van der Waals surface area contributed by atoms with E-state index in [1.54, 1.807) is 24.3 Å². The van der Waals surface area contributed by atoms with Crippen molar-refractivity contribution in [2.45, 2.75) is 18.2 Å². The second-order valence-electron chi connectivity index (χ2n) is 7.16. The van der Waals surface area contributed by atoms with Gasteiger partial charge in [0, 0.05) is 32.5 Å². The number of halogens is 1. The summed E-state index contributed by atoms with van der Waals surface area (Å²) in [5, 5.41) is -0.394. The third-order valence-electron chi connectivity index (χ3n) is 4.93. The van der Waals surface area contributed by atoms with Gasteiger partial charge in [0.2, 0.25) is 5.24 Å². The fourth-order valence-corrected chi connectivity index (χ4v) is 4.16. The van der Waals surface area contributed by atoms with Gasteiger partial charge in [-0.05, 0) is 82.3 Å². The molecule has 0 atom stereocenters. The van der Waals surface area contributed by atoms with Crippen LogP contribution in [0.15, 0.2) is 52.9 Å². The van der Waals surface area contributed by atoms with Crippen LogP contribution in [0.5, 0.6) is 0 Å². The molecule has 0 aliphatic heterocycles. The van der Waals surface area contributed by atoms with Crippen LogP contribution in [0.1, 0.15) is 30.0 Å². The molecule has 2 aromatic rings. The first-order valence-electron chi connectivity index (χ1n) is 8.80. The average Bonchev–Trinajstić information content (AvgIpc) is 2.86. The number of carbonyl (C=O) groups excluding carboxylic acids is 1. The van der Waals surface area contributed by atoms with Crippen molar-refractivity contribution in [3.8, 4) is 0 Å². The largest absolute Gasteiger partial charge is 0.378 e. The van der Waals surface area contributed by atoms with Crippen LogP contribution in [0, 0.1) is 0 Å². The lowest BCUT2D eigenvalue weighted by Gasteiger charge is -2.15. The smallest absolute Gasteiger partial charge is 0.226 e. The molecular formula is C22H22ClNO3S. The van der Waals surface area contributed by atoms with Gasteiger partial charge in [-0.1, -0.05) is 18.2 Å². The van der Waals surface area contributed by atoms with Gasteiger partial charge in [0.1, 0.15) is 0 Å². The topological polar surface area (TPSA) is 54.5 Å². The molecule has 1 aliphatic rings. The SMILES string of the molecule is CC1=C(CC(=O)Cl)c2cc(N(C)C)ccc2/C1=C/c1ccc(S(C)(=O)=O)cc1. The number of carbonyl (C=O) groups is 1. The first-order valence-corrected chi connectivity index (χ1v) is 11.1. The lowest BCUT2D eigenvalue weighted by molar-refractivity contribution is -0.110. The maximum absolute atomic E-state index is 11.7. The molecule has 2 aromatic carbocycles. The van der Waals surface area contributed by atoms with E-state index in [4.69, 9.17) is 11.6 Å². The van der Waals surface area contributed by atoms with E-state index in [0.717, 1.165) is 39.1 Å². The Bertz CT molecular complexity index is 1110. The Kier molecular flexibility index (Phi) is 5.50. The summed E-state index contributed by atoms with van der Waals surface area (Å²) in [4.78, 5) is 13.9. The van der Waals surface area contributed by atoms with Crippen LogP contribution in [0.3, 0.4) is 0 Å². The summed E-state index contributed by atoms with van der Waals surface area (Å²) in [6, 6.07) is 12.9. The van der Waals surface area contributed by atoms with Gasteiger partial charge < -0.3 is 4.90 Å². The third kappa shape index (κ3) is 4.05. The van der Waals surface area contributed by atoms with Crippen LogP contribution in [0.4, 0.5) is 5.69 Å². The van der Waals surface area contributed by atoms with Crippen LogP contribution in [-0.4, -0.2) is 34.0 Å². The summed E-state index contributed by atoms with van der Waals surface area (Å²) in [6.45, 7) is 1.99. The molecule has 0 amide bonds. The monoisotopic (exact) mass is 415 g/mol. The summed E-state index contributed by atoms with van der Waals surface area (Å²) in [5.41, 5.74) is 6.94. The van der Waals surface area contributed by atoms with Crippen molar-refractivity contribution in [3.63, 3.8) is 0 Å². The van der Waals surface area contributed by atoms with Crippen molar-refractivity contribution in [1.82, 2.24) is 0 Å². The highest BCUT2D eigenvalue weighted by atomic mass is 35.5. The zero-order valence-electron chi connectivity index (χ0n) is 16.3. The molecule has 0 radical (unpaired) electrons. The Hall–Kier alpha value is -2.37. The highest BCUT2D eigenvalue weighted by molar-refractivity contribution is 7.90. The lowest BCUT2D eigenvalue weighted by Crippen LogP contribution is -2.08. The molecule has 28 heavy (non-hydrogen) atoms. The lowest BCUT2D eigenvalue weighted by atomic mass is 10.00. The molecule has 0 aromatic heterocycles. The predicted octanol–water partition coefficient (Wildman–Crippen LogP) is 4.64. The summed E-state index contributed by atoms with van der Waals surface area (Å²) >= 11 is 5.70. The molecule has 4 nitrogen and oxygen atoms in total. The van der Waals surface area contributed by atoms with Crippen molar-refractivity contribution < 1.29 is 13.2 Å². The maximum Gasteiger partial charge on any atom is 0.226 e. The predicted molar refractivity (Wildman–Crippen MR) is 116 cm³/mol. The van der Waals surface area contributed by atoms with Crippen molar-refractivity contribution in [2.75, 3.05) is 25.3 Å². The molecule has 1 aliphatic carbocycles. The molecular weight excluding hydrogens is 394 g/mol. The molecule has 0 saturated heterocycles. The quantitative estimate of drug-likeness (QED) is 0.667. The molecule has 0 saturated carbocycles. The summed E-state index contributed by atoms with van der Waals surface area (Å²) in [7, 11) is 0.716. The van der Waals surface area contributed by atoms with Gasteiger partial charge in [-0.3, -0.25) is 4.79 Å². The van der Waals surface area contributed by atoms with Crippen molar-refractivity contribution in [1.29, 1.82) is 0 Å². The number of allylic oxidation sites excluding steroid dienone is 3. The fourth-order valence-electron chi connectivity index (χ4n) is 3.39. The minimum atomic E-state index is -3.23. The van der Waals surface area contributed by atoms with E-state index < -0.39 is 15.1 Å². The van der Waals surface area contributed by atoms with E-state index in [2.05, 4.69) is 12.1 Å². The highest BCUT2D eigenvalue weighted by Crippen LogP contribution is 2.45. The van der Waals surface area contributed by atoms with Crippen LogP contribution in [0.25, 0.3) is 17.2 Å². The minimum absolute atomic E-state index is 0.168. The van der Waals surface area contributed by atoms with Crippen LogP contribution in [-0.2, 0) is 14.6 Å². The number of rotatable bonds is 5. The molecule has 146 valence electrons. The third-order valence-corrected chi connectivity index (χ3v) is 6.19. The standard InChI is InChI=1S/C22H22ClNO3S/c1-14-19(11-15-5-8-17(9-6-15)28(4,26)27)18-10-7-16(24(2)3)12-21(18)20(14)13-22(23)25/h5-12H,13H2,1-4H3/b19-11+. The maximum atomic E-state index is 11.7. The normalized spacial score (nSPS) is 15.1. The van der Waals surface area contributed by atoms with E-state index in [1.807, 2.05) is 38.1 Å². The molecule has 3 rings (SSSR count). The Balaban J connectivity index is 2.12. The zero-order valence-corrected chi connectivity index (χ0v) is 17.9. The fraction of sp³-hybridized carbons (Fsp3) is 0.227. The van der Waals surface area contributed by atoms with E-state index in [0.29, 0.717) is 0 Å². The number of benzene rings is 2. The summed E-state index contributed by atoms with van der Waals surface area (Å²) in [5.74, 6) is 0. The first-order chi connectivity index (χ1) is 13.1. The Morgan fingerprint density at radius 2 is 1.71 bits per heavy atom. The number of anilines is 1. The highest BCUT2D eigenvalue weighted by Gasteiger charge is 2.25. The van der Waals surface area contributed by atoms with Gasteiger partial charge >= 0.3 is 0 Å². The van der Waals surface area contributed by atoms with E-state index >= 15 is 0 Å². The van der Waals surface area contributed by atoms with Crippen molar-refractivity contribution in [2.24, 2.45) is 0 Å². The van der Waals surface area contributed by atoms with Gasteiger partial charge in [-0.15, -0.1) is 0 Å². The number of nitrogens with zero attached hydrogens (tertiary/aromatic N) is 1. The second kappa shape index (κ2) is 7.57. The van der Waals surface area contributed by atoms with E-state index in [1.165, 1.54) is 6.26 Å². The molecule has 0 heterocycles. The van der Waals surface area contributed by atoms with Gasteiger partial charge in [0.15, 0.2) is 9.84 Å². The summed E-state index contributed by atoms with van der Waals surface area (Å²) < 4.78 is 23.3. The van der Waals surface area contributed by atoms with Crippen molar-refractivity contribution in [3.05, 3.63) is 64.7 Å². The molecule has 0 bridgehead atoms. The average molecular weight is 416 g/mol. The molecule has 0 unspecified atom stereocenters. The number of fused-ring (bicyclic) bond motifs is 1. The Morgan fingerprint density at radius 3 is 2.25 bits per heavy atom. The minimum Gasteiger partial charge on any atom is -0.378 e. The van der Waals surface area contributed by atoms with Crippen LogP contribution < -0.4 is 4.90 Å². The molecule has 0 spiro atoms. The van der Waals surface area contributed by atoms with Crippen molar-refractivity contribution >= 4 is 49.6 Å². The Labute approximate surface area is 171 Å². The number of hydrogen-bond acceptors (Lipinski definition) is 4. The van der Waals surface area contributed by atoms with Crippen LogP contribution >= 0.6 is 11.6 Å². The number of hydrogen-bond donors (Lipinski definition) is 0. The molecule has 0 fully saturated rings. The van der Waals surface area contributed by atoms with Gasteiger partial charge in [-0.25, -0.2) is 8.42 Å². The second-order valence-corrected chi connectivity index (χ2v) is 9.60. The van der Waals surface area contributed by atoms with Crippen LogP contribution in [0.2, 0.25) is 0 Å². The Morgan fingerprint density at radius 1 is 1.07 bits per heavy atom. The number of sulfone groups is 1. The molecule has 0 N–H and O–H groups in total. The van der Waals surface area contributed by atoms with Gasteiger partial charge in [0.05, 0.1) is 4.90 Å². The van der Waals surface area contributed by atoms with Gasteiger partial charge in [0.25, 0.3) is 0 Å². The van der Waals surface area contributed by atoms with E-state index in [9.17, 15) is 13.2 Å².